The fourth-order valence-corrected chi connectivity index (χ4v) is 3.33. The van der Waals surface area contributed by atoms with Crippen LogP contribution in [-0.4, -0.2) is 41.9 Å². The van der Waals surface area contributed by atoms with Gasteiger partial charge in [-0.2, -0.15) is 0 Å². The topological polar surface area (TPSA) is 78.7 Å². The smallest absolute Gasteiger partial charge is 0.292 e. The molecule has 1 aliphatic heterocycles. The molecular formula is C20H24N4O3. The van der Waals surface area contributed by atoms with E-state index in [1.54, 1.807) is 19.1 Å². The predicted molar refractivity (Wildman–Crippen MR) is 106 cm³/mol. The van der Waals surface area contributed by atoms with E-state index in [0.29, 0.717) is 31.9 Å². The first kappa shape index (κ1) is 18.7. The van der Waals surface area contributed by atoms with Gasteiger partial charge in [0.25, 0.3) is 5.69 Å². The number of nitrogens with zero attached hydrogens (tertiary/aromatic N) is 3. The molecule has 1 saturated heterocycles. The number of carbonyl (C=O) groups excluding carboxylic acids is 1. The maximum absolute atomic E-state index is 11.5. The highest BCUT2D eigenvalue weighted by Crippen LogP contribution is 2.32. The molecule has 7 heteroatoms. The Hall–Kier alpha value is -3.09. The number of nitro benzene ring substituents is 1. The Bertz CT molecular complexity index is 817. The summed E-state index contributed by atoms with van der Waals surface area (Å²) >= 11 is 0. The van der Waals surface area contributed by atoms with Gasteiger partial charge >= 0.3 is 0 Å². The number of nitrogens with one attached hydrogen (secondary N) is 1. The van der Waals surface area contributed by atoms with E-state index < -0.39 is 0 Å². The second-order valence-electron chi connectivity index (χ2n) is 6.73. The van der Waals surface area contributed by atoms with Gasteiger partial charge in [-0.1, -0.05) is 30.3 Å². The summed E-state index contributed by atoms with van der Waals surface area (Å²) in [5.74, 6) is 0.0809. The molecule has 0 aliphatic carbocycles. The molecule has 0 aromatic heterocycles. The van der Waals surface area contributed by atoms with E-state index >= 15 is 0 Å². The summed E-state index contributed by atoms with van der Waals surface area (Å²) in [5, 5.41) is 14.7. The number of hydrogen-bond donors (Lipinski definition) is 1. The van der Waals surface area contributed by atoms with Crippen molar-refractivity contribution in [3.63, 3.8) is 0 Å². The Morgan fingerprint density at radius 2 is 1.78 bits per heavy atom. The first-order chi connectivity index (χ1) is 13.0. The van der Waals surface area contributed by atoms with Crippen LogP contribution in [0.3, 0.4) is 0 Å². The lowest BCUT2D eigenvalue weighted by molar-refractivity contribution is -0.384. The lowest BCUT2D eigenvalue weighted by Gasteiger charge is -2.35. The average molecular weight is 368 g/mol. The molecule has 2 aromatic carbocycles. The van der Waals surface area contributed by atoms with E-state index in [1.165, 1.54) is 0 Å². The van der Waals surface area contributed by atoms with Crippen LogP contribution < -0.4 is 10.2 Å². The summed E-state index contributed by atoms with van der Waals surface area (Å²) in [6, 6.07) is 14.9. The number of anilines is 2. The molecular weight excluding hydrogens is 344 g/mol. The average Bonchev–Trinajstić information content (AvgIpc) is 2.68. The zero-order valence-electron chi connectivity index (χ0n) is 15.6. The molecule has 0 unspecified atom stereocenters. The largest absolute Gasteiger partial charge is 0.373 e. The van der Waals surface area contributed by atoms with Gasteiger partial charge in [0.15, 0.2) is 0 Å². The Morgan fingerprint density at radius 1 is 1.11 bits per heavy atom. The fourth-order valence-electron chi connectivity index (χ4n) is 3.33. The van der Waals surface area contributed by atoms with Crippen molar-refractivity contribution in [2.24, 2.45) is 0 Å². The fraction of sp³-hybridized carbons (Fsp3) is 0.350. The lowest BCUT2D eigenvalue weighted by atomic mass is 10.1. The van der Waals surface area contributed by atoms with Crippen molar-refractivity contribution in [3.8, 4) is 0 Å². The van der Waals surface area contributed by atoms with Crippen LogP contribution >= 0.6 is 0 Å². The van der Waals surface area contributed by atoms with E-state index in [-0.39, 0.29) is 22.6 Å². The van der Waals surface area contributed by atoms with Gasteiger partial charge in [0, 0.05) is 50.9 Å². The molecule has 1 amide bonds. The molecule has 1 fully saturated rings. The minimum Gasteiger partial charge on any atom is -0.373 e. The molecule has 1 atom stereocenters. The zero-order chi connectivity index (χ0) is 19.4. The highest BCUT2D eigenvalue weighted by atomic mass is 16.6. The Labute approximate surface area is 158 Å². The van der Waals surface area contributed by atoms with Crippen LogP contribution in [0, 0.1) is 10.1 Å². The third-order valence-electron chi connectivity index (χ3n) is 4.94. The Kier molecular flexibility index (Phi) is 5.59. The second kappa shape index (κ2) is 8.07. The first-order valence-electron chi connectivity index (χ1n) is 9.06. The quantitative estimate of drug-likeness (QED) is 0.646. The predicted octanol–water partition coefficient (Wildman–Crippen LogP) is 3.44. The maximum Gasteiger partial charge on any atom is 0.292 e. The van der Waals surface area contributed by atoms with E-state index in [9.17, 15) is 14.9 Å². The number of benzene rings is 2. The number of piperazine rings is 1. The third kappa shape index (κ3) is 4.36. The minimum atomic E-state index is -0.364. The van der Waals surface area contributed by atoms with Gasteiger partial charge in [0.05, 0.1) is 4.92 Å². The van der Waals surface area contributed by atoms with Gasteiger partial charge in [-0.25, -0.2) is 0 Å². The summed E-state index contributed by atoms with van der Waals surface area (Å²) in [4.78, 5) is 26.6. The highest BCUT2D eigenvalue weighted by molar-refractivity contribution is 5.74. The van der Waals surface area contributed by atoms with Gasteiger partial charge in [-0.05, 0) is 24.6 Å². The molecule has 0 saturated carbocycles. The molecule has 27 heavy (non-hydrogen) atoms. The van der Waals surface area contributed by atoms with Crippen molar-refractivity contribution in [1.29, 1.82) is 0 Å². The number of amides is 1. The molecule has 0 bridgehead atoms. The standard InChI is InChI=1S/C20H24N4O3/c1-15(17-6-4-3-5-7-17)21-19-14-18(8-9-20(19)24(26)27)23-12-10-22(11-13-23)16(2)25/h3-9,14-15,21H,10-13H2,1-2H3/t15-/m0/s1. The van der Waals surface area contributed by atoms with Crippen LogP contribution in [0.2, 0.25) is 0 Å². The third-order valence-corrected chi connectivity index (χ3v) is 4.94. The summed E-state index contributed by atoms with van der Waals surface area (Å²) in [7, 11) is 0. The molecule has 1 N–H and O–H groups in total. The lowest BCUT2D eigenvalue weighted by Crippen LogP contribution is -2.48. The molecule has 142 valence electrons. The van der Waals surface area contributed by atoms with Crippen LogP contribution in [-0.2, 0) is 4.79 Å². The van der Waals surface area contributed by atoms with Crippen LogP contribution in [0.4, 0.5) is 17.1 Å². The van der Waals surface area contributed by atoms with E-state index in [0.717, 1.165) is 11.3 Å². The Morgan fingerprint density at radius 3 is 2.37 bits per heavy atom. The van der Waals surface area contributed by atoms with Crippen molar-refractivity contribution in [3.05, 3.63) is 64.2 Å². The minimum absolute atomic E-state index is 0.0592. The van der Waals surface area contributed by atoms with Gasteiger partial charge in [-0.15, -0.1) is 0 Å². The van der Waals surface area contributed by atoms with Crippen molar-refractivity contribution in [2.45, 2.75) is 19.9 Å². The molecule has 2 aromatic rings. The van der Waals surface area contributed by atoms with Gasteiger partial charge in [0.1, 0.15) is 5.69 Å². The van der Waals surface area contributed by atoms with Crippen molar-refractivity contribution < 1.29 is 9.72 Å². The van der Waals surface area contributed by atoms with Crippen LogP contribution in [0.25, 0.3) is 0 Å². The summed E-state index contributed by atoms with van der Waals surface area (Å²) < 4.78 is 0. The number of hydrogen-bond acceptors (Lipinski definition) is 5. The number of nitro groups is 1. The van der Waals surface area contributed by atoms with E-state index in [4.69, 9.17) is 0 Å². The zero-order valence-corrected chi connectivity index (χ0v) is 15.6. The highest BCUT2D eigenvalue weighted by Gasteiger charge is 2.22. The van der Waals surface area contributed by atoms with Gasteiger partial charge < -0.3 is 15.1 Å². The van der Waals surface area contributed by atoms with Crippen LogP contribution in [0.15, 0.2) is 48.5 Å². The normalized spacial score (nSPS) is 15.3. The van der Waals surface area contributed by atoms with Crippen molar-refractivity contribution in [2.75, 3.05) is 36.4 Å². The molecule has 3 rings (SSSR count). The summed E-state index contributed by atoms with van der Waals surface area (Å²) in [6.07, 6.45) is 0. The van der Waals surface area contributed by atoms with E-state index in [1.807, 2.05) is 48.2 Å². The van der Waals surface area contributed by atoms with Gasteiger partial charge in [0.2, 0.25) is 5.91 Å². The Balaban J connectivity index is 1.81. The van der Waals surface area contributed by atoms with Crippen molar-refractivity contribution >= 4 is 23.0 Å². The summed E-state index contributed by atoms with van der Waals surface area (Å²) in [5.41, 5.74) is 2.55. The first-order valence-corrected chi connectivity index (χ1v) is 9.06. The number of carbonyl (C=O) groups is 1. The molecule has 0 radical (unpaired) electrons. The molecule has 7 nitrogen and oxygen atoms in total. The second-order valence-corrected chi connectivity index (χ2v) is 6.73. The van der Waals surface area contributed by atoms with Gasteiger partial charge in [-0.3, -0.25) is 14.9 Å². The van der Waals surface area contributed by atoms with Crippen LogP contribution in [0.5, 0.6) is 0 Å². The molecule has 1 heterocycles. The maximum atomic E-state index is 11.5. The van der Waals surface area contributed by atoms with Crippen molar-refractivity contribution in [1.82, 2.24) is 4.90 Å². The monoisotopic (exact) mass is 368 g/mol. The number of rotatable bonds is 5. The molecule has 1 aliphatic rings. The SMILES string of the molecule is CC(=O)N1CCN(c2ccc([N+](=O)[O-])c(N[C@@H](C)c3ccccc3)c2)CC1. The van der Waals surface area contributed by atoms with Crippen LogP contribution in [0.1, 0.15) is 25.5 Å². The van der Waals surface area contributed by atoms with E-state index in [2.05, 4.69) is 10.2 Å². The summed E-state index contributed by atoms with van der Waals surface area (Å²) in [6.45, 7) is 6.31. The molecule has 0 spiro atoms.